The third-order valence-electron chi connectivity index (χ3n) is 3.88. The van der Waals surface area contributed by atoms with E-state index in [0.29, 0.717) is 23.2 Å². The number of nitrogens with zero attached hydrogens (tertiary/aromatic N) is 3. The lowest BCUT2D eigenvalue weighted by Crippen LogP contribution is -2.35. The molecule has 5 nitrogen and oxygen atoms in total. The number of ether oxygens (including phenoxy) is 2. The maximum absolute atomic E-state index is 6.42. The van der Waals surface area contributed by atoms with Gasteiger partial charge < -0.3 is 9.47 Å². The van der Waals surface area contributed by atoms with Crippen LogP contribution in [-0.2, 0) is 28.9 Å². The van der Waals surface area contributed by atoms with E-state index in [-0.39, 0.29) is 6.10 Å². The van der Waals surface area contributed by atoms with Crippen LogP contribution in [0.5, 0.6) is 0 Å². The zero-order chi connectivity index (χ0) is 16.4. The lowest BCUT2D eigenvalue weighted by molar-refractivity contribution is -0.672. The van der Waals surface area contributed by atoms with Crippen molar-refractivity contribution in [2.45, 2.75) is 38.2 Å². The molecule has 23 heavy (non-hydrogen) atoms. The van der Waals surface area contributed by atoms with Gasteiger partial charge in [0.15, 0.2) is 6.54 Å². The largest absolute Gasteiger partial charge is 0.341 e. The first-order valence-electron chi connectivity index (χ1n) is 7.67. The van der Waals surface area contributed by atoms with E-state index in [2.05, 4.69) is 12.0 Å². The second-order valence-corrected chi connectivity index (χ2v) is 6.67. The molecule has 0 saturated carbocycles. The molecule has 0 spiro atoms. The fraction of sp³-hybridized carbons (Fsp3) is 0.500. The fourth-order valence-electron chi connectivity index (χ4n) is 2.85. The van der Waals surface area contributed by atoms with Crippen molar-refractivity contribution in [2.24, 2.45) is 7.05 Å². The van der Waals surface area contributed by atoms with Crippen LogP contribution in [0.25, 0.3) is 0 Å². The fourth-order valence-corrected chi connectivity index (χ4v) is 3.40. The van der Waals surface area contributed by atoms with Crippen molar-refractivity contribution in [2.75, 3.05) is 6.61 Å². The van der Waals surface area contributed by atoms with Gasteiger partial charge in [0.05, 0.1) is 24.8 Å². The third-order valence-corrected chi connectivity index (χ3v) is 4.43. The van der Waals surface area contributed by atoms with E-state index < -0.39 is 5.79 Å². The van der Waals surface area contributed by atoms with Gasteiger partial charge >= 0.3 is 0 Å². The van der Waals surface area contributed by atoms with Crippen LogP contribution in [0.1, 0.15) is 25.3 Å². The third kappa shape index (κ3) is 3.53. The molecule has 7 heteroatoms. The Morgan fingerprint density at radius 3 is 2.91 bits per heavy atom. The number of aromatic nitrogens is 3. The highest BCUT2D eigenvalue weighted by Gasteiger charge is 2.46. The molecule has 1 aromatic carbocycles. The summed E-state index contributed by atoms with van der Waals surface area (Å²) in [6.07, 6.45) is 5.65. The molecule has 0 aliphatic carbocycles. The Labute approximate surface area is 145 Å². The van der Waals surface area contributed by atoms with Crippen LogP contribution in [0.3, 0.4) is 0 Å². The van der Waals surface area contributed by atoms with Gasteiger partial charge in [0, 0.05) is 15.7 Å². The van der Waals surface area contributed by atoms with E-state index in [0.717, 1.165) is 18.4 Å². The summed E-state index contributed by atoms with van der Waals surface area (Å²) in [5.74, 6) is -0.944. The smallest absolute Gasteiger partial charge is 0.264 e. The molecule has 1 aromatic heterocycles. The predicted molar refractivity (Wildman–Crippen MR) is 87.3 cm³/mol. The summed E-state index contributed by atoms with van der Waals surface area (Å²) < 4.78 is 16.1. The Kier molecular flexibility index (Phi) is 4.92. The second kappa shape index (κ2) is 6.77. The highest BCUT2D eigenvalue weighted by atomic mass is 35.5. The number of hydrogen-bond acceptors (Lipinski definition) is 3. The standard InChI is InChI=1S/C16H20Cl2N3O2/c1-3-4-13-8-22-16(23-13,9-21-11-20(2)10-19-21)14-6-5-12(17)7-15(14)18/h5-7,10-11,13H,3-4,8-9H2,1-2H3/q+1/t13-,16-/m1/s1. The number of hydrogen-bond donors (Lipinski definition) is 0. The highest BCUT2D eigenvalue weighted by Crippen LogP contribution is 2.41. The first-order chi connectivity index (χ1) is 11.0. The van der Waals surface area contributed by atoms with Crippen LogP contribution >= 0.6 is 23.2 Å². The van der Waals surface area contributed by atoms with Crippen molar-refractivity contribution < 1.29 is 14.0 Å². The predicted octanol–water partition coefficient (Wildman–Crippen LogP) is 3.08. The minimum Gasteiger partial charge on any atom is -0.341 e. The molecule has 1 saturated heterocycles. The maximum atomic E-state index is 6.42. The van der Waals surface area contributed by atoms with Gasteiger partial charge in [-0.05, 0) is 18.6 Å². The molecular weight excluding hydrogens is 337 g/mol. The van der Waals surface area contributed by atoms with E-state index >= 15 is 0 Å². The second-order valence-electron chi connectivity index (χ2n) is 5.83. The summed E-state index contributed by atoms with van der Waals surface area (Å²) in [5, 5.41) is 5.44. The van der Waals surface area contributed by atoms with E-state index in [1.54, 1.807) is 23.1 Å². The van der Waals surface area contributed by atoms with Gasteiger partial charge in [-0.2, -0.15) is 0 Å². The molecule has 1 fully saturated rings. The molecule has 0 N–H and O–H groups in total. The van der Waals surface area contributed by atoms with Crippen LogP contribution in [0, 0.1) is 0 Å². The molecule has 124 valence electrons. The lowest BCUT2D eigenvalue weighted by Gasteiger charge is -2.27. The first kappa shape index (κ1) is 16.7. The van der Waals surface area contributed by atoms with Crippen molar-refractivity contribution >= 4 is 23.2 Å². The van der Waals surface area contributed by atoms with Crippen molar-refractivity contribution in [1.29, 1.82) is 0 Å². The summed E-state index contributed by atoms with van der Waals surface area (Å²) in [4.78, 5) is 0. The summed E-state index contributed by atoms with van der Waals surface area (Å²) in [5.41, 5.74) is 0.778. The number of aryl methyl sites for hydroxylation is 1. The summed E-state index contributed by atoms with van der Waals surface area (Å²) in [6.45, 7) is 3.10. The molecule has 0 bridgehead atoms. The highest BCUT2D eigenvalue weighted by molar-refractivity contribution is 6.35. The van der Waals surface area contributed by atoms with Crippen LogP contribution < -0.4 is 4.57 Å². The van der Waals surface area contributed by atoms with Gasteiger partial charge in [0.25, 0.3) is 6.33 Å². The molecule has 2 heterocycles. The zero-order valence-electron chi connectivity index (χ0n) is 13.2. The SMILES string of the molecule is CCC[C@@H]1CO[C@@](Cn2c[n+](C)cn2)(c2ccc(Cl)cc2Cl)O1. The van der Waals surface area contributed by atoms with E-state index in [1.807, 2.05) is 24.0 Å². The van der Waals surface area contributed by atoms with Gasteiger partial charge in [-0.3, -0.25) is 0 Å². The molecule has 0 amide bonds. The van der Waals surface area contributed by atoms with Gasteiger partial charge in [0.1, 0.15) is 0 Å². The lowest BCUT2D eigenvalue weighted by atomic mass is 10.1. The Morgan fingerprint density at radius 1 is 1.43 bits per heavy atom. The summed E-state index contributed by atoms with van der Waals surface area (Å²) in [6, 6.07) is 5.37. The van der Waals surface area contributed by atoms with E-state index in [9.17, 15) is 0 Å². The first-order valence-corrected chi connectivity index (χ1v) is 8.43. The summed E-state index contributed by atoms with van der Waals surface area (Å²) in [7, 11) is 1.92. The molecular formula is C16H20Cl2N3O2+. The van der Waals surface area contributed by atoms with Crippen LogP contribution in [0.4, 0.5) is 0 Å². The molecule has 3 rings (SSSR count). The molecule has 1 aliphatic rings. The number of rotatable bonds is 5. The summed E-state index contributed by atoms with van der Waals surface area (Å²) >= 11 is 12.4. The van der Waals surface area contributed by atoms with E-state index in [4.69, 9.17) is 32.7 Å². The molecule has 1 aliphatic heterocycles. The van der Waals surface area contributed by atoms with Crippen molar-refractivity contribution in [3.8, 4) is 0 Å². The Balaban J connectivity index is 1.96. The average Bonchev–Trinajstić information content (AvgIpc) is 3.07. The maximum Gasteiger partial charge on any atom is 0.264 e. The molecule has 0 unspecified atom stereocenters. The molecule has 0 radical (unpaired) electrons. The van der Waals surface area contributed by atoms with Gasteiger partial charge in [-0.15, -0.1) is 4.68 Å². The average molecular weight is 357 g/mol. The van der Waals surface area contributed by atoms with Gasteiger partial charge in [-0.25, -0.2) is 4.57 Å². The minimum atomic E-state index is -0.944. The van der Waals surface area contributed by atoms with Crippen molar-refractivity contribution in [3.05, 3.63) is 46.5 Å². The number of benzene rings is 1. The Bertz CT molecular complexity index is 692. The Morgan fingerprint density at radius 2 is 2.26 bits per heavy atom. The quantitative estimate of drug-likeness (QED) is 0.773. The Hall–Kier alpha value is -1.14. The monoisotopic (exact) mass is 356 g/mol. The van der Waals surface area contributed by atoms with Crippen LogP contribution in [0.2, 0.25) is 10.0 Å². The van der Waals surface area contributed by atoms with E-state index in [1.165, 1.54) is 0 Å². The normalized spacial score (nSPS) is 24.3. The zero-order valence-corrected chi connectivity index (χ0v) is 14.7. The minimum absolute atomic E-state index is 0.0519. The van der Waals surface area contributed by atoms with Crippen molar-refractivity contribution in [3.63, 3.8) is 0 Å². The van der Waals surface area contributed by atoms with Crippen LogP contribution in [0.15, 0.2) is 30.9 Å². The van der Waals surface area contributed by atoms with Crippen LogP contribution in [-0.4, -0.2) is 22.5 Å². The molecule has 2 atom stereocenters. The topological polar surface area (TPSA) is 40.2 Å². The number of halogens is 2. The van der Waals surface area contributed by atoms with Gasteiger partial charge in [-0.1, -0.05) is 42.6 Å². The van der Waals surface area contributed by atoms with Crippen molar-refractivity contribution in [1.82, 2.24) is 9.78 Å². The van der Waals surface area contributed by atoms with Gasteiger partial charge in [0.2, 0.25) is 12.1 Å². The molecule has 2 aromatic rings.